The summed E-state index contributed by atoms with van der Waals surface area (Å²) in [6, 6.07) is 11.2. The number of pyridine rings is 1. The first-order valence-electron chi connectivity index (χ1n) is 7.65. The highest BCUT2D eigenvalue weighted by Gasteiger charge is 2.20. The molecule has 0 saturated heterocycles. The number of ether oxygens (including phenoxy) is 1. The number of hydrogen-bond acceptors (Lipinski definition) is 5. The van der Waals surface area contributed by atoms with Crippen molar-refractivity contribution in [1.82, 2.24) is 19.7 Å². The molecule has 7 nitrogen and oxygen atoms in total. The van der Waals surface area contributed by atoms with Gasteiger partial charge in [-0.15, -0.1) is 0 Å². The number of fused-ring (bicyclic) bond motifs is 1. The van der Waals surface area contributed by atoms with Gasteiger partial charge in [0.2, 0.25) is 0 Å². The first kappa shape index (κ1) is 16.5. The lowest BCUT2D eigenvalue weighted by atomic mass is 10.1. The van der Waals surface area contributed by atoms with Crippen LogP contribution in [-0.4, -0.2) is 46.3 Å². The first-order chi connectivity index (χ1) is 12.1. The van der Waals surface area contributed by atoms with Crippen molar-refractivity contribution < 1.29 is 9.53 Å². The Kier molecular flexibility index (Phi) is 4.35. The summed E-state index contributed by atoms with van der Waals surface area (Å²) in [6.07, 6.45) is 1.61. The Morgan fingerprint density at radius 2 is 2.16 bits per heavy atom. The summed E-state index contributed by atoms with van der Waals surface area (Å²) >= 11 is 0. The van der Waals surface area contributed by atoms with Crippen molar-refractivity contribution in [3.63, 3.8) is 0 Å². The minimum absolute atomic E-state index is 0.00685. The van der Waals surface area contributed by atoms with Gasteiger partial charge < -0.3 is 9.64 Å². The van der Waals surface area contributed by atoms with Crippen LogP contribution >= 0.6 is 0 Å². The molecule has 0 bridgehead atoms. The molecule has 0 radical (unpaired) electrons. The number of nitrogens with zero attached hydrogens (tertiary/aromatic N) is 5. The molecule has 2 aromatic heterocycles. The van der Waals surface area contributed by atoms with Crippen LogP contribution in [0.15, 0.2) is 36.5 Å². The SMILES string of the molecule is COc1ccccc1-c1cc(C(=O)N(C)CC#N)c2cnn(C)c2n1. The fourth-order valence-corrected chi connectivity index (χ4v) is 2.67. The largest absolute Gasteiger partial charge is 0.496 e. The number of carbonyl (C=O) groups excluding carboxylic acids is 1. The zero-order chi connectivity index (χ0) is 18.0. The van der Waals surface area contributed by atoms with Gasteiger partial charge in [0.1, 0.15) is 12.3 Å². The Morgan fingerprint density at radius 1 is 1.40 bits per heavy atom. The summed E-state index contributed by atoms with van der Waals surface area (Å²) in [5.41, 5.74) is 2.45. The molecular formula is C18H17N5O2. The third-order valence-corrected chi connectivity index (χ3v) is 3.97. The fourth-order valence-electron chi connectivity index (χ4n) is 2.67. The molecule has 0 atom stereocenters. The molecule has 2 heterocycles. The van der Waals surface area contributed by atoms with Crippen molar-refractivity contribution in [2.45, 2.75) is 0 Å². The topological polar surface area (TPSA) is 84.0 Å². The van der Waals surface area contributed by atoms with E-state index in [0.29, 0.717) is 28.0 Å². The summed E-state index contributed by atoms with van der Waals surface area (Å²) in [7, 11) is 4.96. The zero-order valence-electron chi connectivity index (χ0n) is 14.2. The van der Waals surface area contributed by atoms with Gasteiger partial charge in [-0.1, -0.05) is 12.1 Å². The number of aromatic nitrogens is 3. The molecule has 0 aliphatic rings. The molecule has 0 fully saturated rings. The average Bonchev–Trinajstić information content (AvgIpc) is 3.01. The van der Waals surface area contributed by atoms with Gasteiger partial charge in [0.25, 0.3) is 5.91 Å². The predicted octanol–water partition coefficient (Wildman–Crippen LogP) is 2.24. The molecule has 7 heteroatoms. The van der Waals surface area contributed by atoms with Crippen LogP contribution in [0.2, 0.25) is 0 Å². The highest BCUT2D eigenvalue weighted by molar-refractivity contribution is 6.06. The normalized spacial score (nSPS) is 10.5. The molecule has 0 N–H and O–H groups in total. The molecule has 0 unspecified atom stereocenters. The number of methoxy groups -OCH3 is 1. The quantitative estimate of drug-likeness (QED) is 0.683. The van der Waals surface area contributed by atoms with Gasteiger partial charge in [-0.05, 0) is 18.2 Å². The first-order valence-corrected chi connectivity index (χ1v) is 7.65. The minimum Gasteiger partial charge on any atom is -0.496 e. The number of aryl methyl sites for hydroxylation is 1. The van der Waals surface area contributed by atoms with Crippen LogP contribution in [0.4, 0.5) is 0 Å². The highest BCUT2D eigenvalue weighted by Crippen LogP contribution is 2.31. The van der Waals surface area contributed by atoms with E-state index in [1.54, 1.807) is 38.2 Å². The van der Waals surface area contributed by atoms with E-state index in [1.165, 1.54) is 4.90 Å². The molecule has 3 rings (SSSR count). The summed E-state index contributed by atoms with van der Waals surface area (Å²) in [4.78, 5) is 18.8. The van der Waals surface area contributed by atoms with Crippen molar-refractivity contribution >= 4 is 16.9 Å². The maximum absolute atomic E-state index is 12.8. The second kappa shape index (κ2) is 6.61. The number of carbonyl (C=O) groups is 1. The standard InChI is InChI=1S/C18H17N5O2/c1-22(9-8-19)18(24)13-10-15(12-6-4-5-7-16(12)25-3)21-17-14(13)11-20-23(17)2/h4-7,10-11H,9H2,1-3H3. The molecular weight excluding hydrogens is 318 g/mol. The van der Waals surface area contributed by atoms with Gasteiger partial charge >= 0.3 is 0 Å². The number of benzene rings is 1. The monoisotopic (exact) mass is 335 g/mol. The number of hydrogen-bond donors (Lipinski definition) is 0. The van der Waals surface area contributed by atoms with E-state index < -0.39 is 0 Å². The molecule has 0 aliphatic heterocycles. The van der Waals surface area contributed by atoms with Crippen LogP contribution in [0.25, 0.3) is 22.3 Å². The molecule has 3 aromatic rings. The minimum atomic E-state index is -0.252. The van der Waals surface area contributed by atoms with Crippen LogP contribution in [0.1, 0.15) is 10.4 Å². The molecule has 1 aromatic carbocycles. The van der Waals surface area contributed by atoms with E-state index in [4.69, 9.17) is 10.00 Å². The van der Waals surface area contributed by atoms with Crippen molar-refractivity contribution in [2.75, 3.05) is 20.7 Å². The smallest absolute Gasteiger partial charge is 0.255 e. The maximum atomic E-state index is 12.8. The van der Waals surface area contributed by atoms with E-state index in [-0.39, 0.29) is 12.5 Å². The summed E-state index contributed by atoms with van der Waals surface area (Å²) in [5.74, 6) is 0.415. The van der Waals surface area contributed by atoms with E-state index >= 15 is 0 Å². The van der Waals surface area contributed by atoms with Gasteiger partial charge in [0.15, 0.2) is 5.65 Å². The molecule has 1 amide bonds. The van der Waals surface area contributed by atoms with E-state index in [9.17, 15) is 4.79 Å². The molecule has 25 heavy (non-hydrogen) atoms. The Balaban J connectivity index is 2.24. The molecule has 0 aliphatic carbocycles. The van der Waals surface area contributed by atoms with Crippen LogP contribution in [-0.2, 0) is 7.05 Å². The van der Waals surface area contributed by atoms with Gasteiger partial charge in [-0.2, -0.15) is 10.4 Å². The predicted molar refractivity (Wildman–Crippen MR) is 93.1 cm³/mol. The van der Waals surface area contributed by atoms with Crippen molar-refractivity contribution in [3.05, 3.63) is 42.1 Å². The van der Waals surface area contributed by atoms with E-state index in [0.717, 1.165) is 5.56 Å². The van der Waals surface area contributed by atoms with Gasteiger partial charge in [0.05, 0.1) is 36.0 Å². The summed E-state index contributed by atoms with van der Waals surface area (Å²) in [6.45, 7) is 0.00685. The lowest BCUT2D eigenvalue weighted by Gasteiger charge is -2.15. The molecule has 0 spiro atoms. The van der Waals surface area contributed by atoms with E-state index in [2.05, 4.69) is 10.1 Å². The fraction of sp³-hybridized carbons (Fsp3) is 0.222. The summed E-state index contributed by atoms with van der Waals surface area (Å²) < 4.78 is 7.03. The summed E-state index contributed by atoms with van der Waals surface area (Å²) in [5, 5.41) is 13.7. The van der Waals surface area contributed by atoms with E-state index in [1.807, 2.05) is 30.3 Å². The lowest BCUT2D eigenvalue weighted by molar-refractivity contribution is 0.0814. The highest BCUT2D eigenvalue weighted by atomic mass is 16.5. The molecule has 126 valence electrons. The molecule has 0 saturated carbocycles. The number of nitriles is 1. The maximum Gasteiger partial charge on any atom is 0.255 e. The van der Waals surface area contributed by atoms with Crippen LogP contribution in [0.3, 0.4) is 0 Å². The Hall–Kier alpha value is -3.40. The van der Waals surface area contributed by atoms with Gasteiger partial charge in [-0.25, -0.2) is 4.98 Å². The Bertz CT molecular complexity index is 987. The van der Waals surface area contributed by atoms with Gasteiger partial charge in [-0.3, -0.25) is 9.48 Å². The third-order valence-electron chi connectivity index (χ3n) is 3.97. The van der Waals surface area contributed by atoms with Gasteiger partial charge in [0, 0.05) is 19.7 Å². The zero-order valence-corrected chi connectivity index (χ0v) is 14.2. The number of amides is 1. The van der Waals surface area contributed by atoms with Crippen molar-refractivity contribution in [3.8, 4) is 23.1 Å². The number of rotatable bonds is 4. The van der Waals surface area contributed by atoms with Crippen LogP contribution in [0.5, 0.6) is 5.75 Å². The van der Waals surface area contributed by atoms with Crippen LogP contribution < -0.4 is 4.74 Å². The second-order valence-corrected chi connectivity index (χ2v) is 5.58. The third kappa shape index (κ3) is 2.90. The Morgan fingerprint density at radius 3 is 2.88 bits per heavy atom. The van der Waals surface area contributed by atoms with Crippen molar-refractivity contribution in [2.24, 2.45) is 7.05 Å². The van der Waals surface area contributed by atoms with Crippen molar-refractivity contribution in [1.29, 1.82) is 5.26 Å². The Labute approximate surface area is 145 Å². The number of para-hydroxylation sites is 1. The second-order valence-electron chi connectivity index (χ2n) is 5.58. The van der Waals surface area contributed by atoms with Crippen LogP contribution in [0, 0.1) is 11.3 Å². The average molecular weight is 335 g/mol. The lowest BCUT2D eigenvalue weighted by Crippen LogP contribution is -2.27.